The van der Waals surface area contributed by atoms with E-state index >= 15 is 0 Å². The highest BCUT2D eigenvalue weighted by atomic mass is 127. The summed E-state index contributed by atoms with van der Waals surface area (Å²) in [5.74, 6) is 1.08. The number of nitrogens with zero attached hydrogens (tertiary/aromatic N) is 2. The lowest BCUT2D eigenvalue weighted by Gasteiger charge is -2.16. The van der Waals surface area contributed by atoms with Gasteiger partial charge in [-0.05, 0) is 37.3 Å². The number of ether oxygens (including phenoxy) is 1. The number of amides is 1. The van der Waals surface area contributed by atoms with Crippen molar-refractivity contribution in [2.45, 2.75) is 45.7 Å². The fourth-order valence-corrected chi connectivity index (χ4v) is 2.94. The van der Waals surface area contributed by atoms with Gasteiger partial charge in [0.05, 0.1) is 0 Å². The number of guanidine groups is 1. The fourth-order valence-electron chi connectivity index (χ4n) is 2.94. The second kappa shape index (κ2) is 13.8. The van der Waals surface area contributed by atoms with Crippen molar-refractivity contribution in [1.29, 1.82) is 0 Å². The summed E-state index contributed by atoms with van der Waals surface area (Å²) in [6, 6.07) is 8.43. The van der Waals surface area contributed by atoms with E-state index in [1.807, 2.05) is 11.8 Å². The number of rotatable bonds is 10. The Labute approximate surface area is 180 Å². The molecule has 2 N–H and O–H groups in total. The molecule has 1 saturated heterocycles. The Morgan fingerprint density at radius 1 is 1.19 bits per heavy atom. The monoisotopic (exact) mass is 488 g/mol. The Bertz CT molecular complexity index is 578. The van der Waals surface area contributed by atoms with Gasteiger partial charge in [0.1, 0.15) is 0 Å². The Morgan fingerprint density at radius 2 is 1.93 bits per heavy atom. The number of benzene rings is 1. The molecule has 27 heavy (non-hydrogen) atoms. The average Bonchev–Trinajstić information content (AvgIpc) is 3.06. The van der Waals surface area contributed by atoms with Crippen molar-refractivity contribution in [2.24, 2.45) is 4.99 Å². The number of likely N-dealkylation sites (tertiary alicyclic amines) is 1. The van der Waals surface area contributed by atoms with E-state index in [9.17, 15) is 4.79 Å². The standard InChI is InChI=1S/C20H32N4O2.HI/c1-3-26-14-5-4-12-22-20(21-2)23-15-17-8-10-18(11-9-17)16-24-13-6-7-19(24)25;/h8-11H,3-7,12-16H2,1-2H3,(H2,21,22,23);1H. The molecule has 0 bridgehead atoms. The van der Waals surface area contributed by atoms with Crippen LogP contribution in [0.2, 0.25) is 0 Å². The zero-order valence-electron chi connectivity index (χ0n) is 16.5. The summed E-state index contributed by atoms with van der Waals surface area (Å²) in [6.07, 6.45) is 3.79. The normalized spacial score (nSPS) is 14.2. The molecule has 7 heteroatoms. The molecule has 0 aliphatic carbocycles. The molecule has 1 amide bonds. The summed E-state index contributed by atoms with van der Waals surface area (Å²) in [7, 11) is 1.78. The van der Waals surface area contributed by atoms with Crippen LogP contribution in [0.5, 0.6) is 0 Å². The van der Waals surface area contributed by atoms with Gasteiger partial charge in [0.2, 0.25) is 5.91 Å². The molecule has 0 aromatic heterocycles. The van der Waals surface area contributed by atoms with Crippen LogP contribution in [0.1, 0.15) is 43.7 Å². The van der Waals surface area contributed by atoms with Gasteiger partial charge < -0.3 is 20.3 Å². The zero-order valence-corrected chi connectivity index (χ0v) is 18.8. The number of carbonyl (C=O) groups excluding carboxylic acids is 1. The molecular formula is C20H33IN4O2. The molecular weight excluding hydrogens is 455 g/mol. The van der Waals surface area contributed by atoms with E-state index < -0.39 is 0 Å². The maximum Gasteiger partial charge on any atom is 0.222 e. The van der Waals surface area contributed by atoms with Crippen molar-refractivity contribution in [3.8, 4) is 0 Å². The van der Waals surface area contributed by atoms with Gasteiger partial charge in [-0.2, -0.15) is 0 Å². The van der Waals surface area contributed by atoms with Gasteiger partial charge in [-0.25, -0.2) is 0 Å². The second-order valence-corrected chi connectivity index (χ2v) is 6.49. The molecule has 0 saturated carbocycles. The van der Waals surface area contributed by atoms with Crippen molar-refractivity contribution in [3.05, 3.63) is 35.4 Å². The highest BCUT2D eigenvalue weighted by Crippen LogP contribution is 2.14. The topological polar surface area (TPSA) is 66.0 Å². The lowest BCUT2D eigenvalue weighted by Crippen LogP contribution is -2.37. The van der Waals surface area contributed by atoms with Crippen LogP contribution in [0, 0.1) is 0 Å². The number of hydrogen-bond donors (Lipinski definition) is 2. The van der Waals surface area contributed by atoms with Gasteiger partial charge in [0.25, 0.3) is 0 Å². The lowest BCUT2D eigenvalue weighted by atomic mass is 10.1. The number of hydrogen-bond acceptors (Lipinski definition) is 3. The van der Waals surface area contributed by atoms with Crippen molar-refractivity contribution >= 4 is 35.8 Å². The lowest BCUT2D eigenvalue weighted by molar-refractivity contribution is -0.128. The van der Waals surface area contributed by atoms with Gasteiger partial charge in [-0.3, -0.25) is 9.79 Å². The molecule has 1 fully saturated rings. The molecule has 2 rings (SSSR count). The predicted molar refractivity (Wildman–Crippen MR) is 120 cm³/mol. The van der Waals surface area contributed by atoms with Gasteiger partial charge in [0.15, 0.2) is 5.96 Å². The highest BCUT2D eigenvalue weighted by Gasteiger charge is 2.19. The van der Waals surface area contributed by atoms with E-state index in [1.54, 1.807) is 7.05 Å². The van der Waals surface area contributed by atoms with E-state index in [0.29, 0.717) is 6.42 Å². The maximum absolute atomic E-state index is 11.7. The maximum atomic E-state index is 11.7. The first-order chi connectivity index (χ1) is 12.7. The van der Waals surface area contributed by atoms with Crippen molar-refractivity contribution in [1.82, 2.24) is 15.5 Å². The molecule has 1 heterocycles. The molecule has 1 aliphatic heterocycles. The summed E-state index contributed by atoms with van der Waals surface area (Å²) >= 11 is 0. The third-order valence-corrected chi connectivity index (χ3v) is 4.46. The molecule has 6 nitrogen and oxygen atoms in total. The highest BCUT2D eigenvalue weighted by molar-refractivity contribution is 14.0. The largest absolute Gasteiger partial charge is 0.382 e. The second-order valence-electron chi connectivity index (χ2n) is 6.49. The van der Waals surface area contributed by atoms with Gasteiger partial charge in [-0.1, -0.05) is 24.3 Å². The molecule has 0 spiro atoms. The molecule has 0 unspecified atom stereocenters. The van der Waals surface area contributed by atoms with Crippen LogP contribution >= 0.6 is 24.0 Å². The fraction of sp³-hybridized carbons (Fsp3) is 0.600. The summed E-state index contributed by atoms with van der Waals surface area (Å²) in [5, 5.41) is 6.65. The number of carbonyl (C=O) groups is 1. The number of aliphatic imine (C=N–C) groups is 1. The molecule has 152 valence electrons. The number of halogens is 1. The first kappa shape index (κ1) is 23.7. The predicted octanol–water partition coefficient (Wildman–Crippen LogP) is 2.91. The Kier molecular flexibility index (Phi) is 12.1. The SMILES string of the molecule is CCOCCCCNC(=NC)NCc1ccc(CN2CCCC2=O)cc1.I. The third kappa shape index (κ3) is 8.92. The summed E-state index contributed by atoms with van der Waals surface area (Å²) < 4.78 is 5.33. The smallest absolute Gasteiger partial charge is 0.222 e. The zero-order chi connectivity index (χ0) is 18.6. The summed E-state index contributed by atoms with van der Waals surface area (Å²) in [5.41, 5.74) is 2.38. The minimum absolute atomic E-state index is 0. The molecule has 0 atom stereocenters. The van der Waals surface area contributed by atoms with Crippen LogP contribution in [-0.4, -0.2) is 50.1 Å². The average molecular weight is 488 g/mol. The minimum atomic E-state index is 0. The Balaban J connectivity index is 0.00000364. The van der Waals surface area contributed by atoms with E-state index in [2.05, 4.69) is 39.9 Å². The number of unbranched alkanes of at least 4 members (excludes halogenated alkanes) is 1. The van der Waals surface area contributed by atoms with E-state index in [1.165, 1.54) is 11.1 Å². The van der Waals surface area contributed by atoms with Crippen molar-refractivity contribution in [3.63, 3.8) is 0 Å². The van der Waals surface area contributed by atoms with Gasteiger partial charge in [-0.15, -0.1) is 24.0 Å². The number of nitrogens with one attached hydrogen (secondary N) is 2. The van der Waals surface area contributed by atoms with E-state index in [4.69, 9.17) is 4.74 Å². The van der Waals surface area contributed by atoms with E-state index in [-0.39, 0.29) is 29.9 Å². The third-order valence-electron chi connectivity index (χ3n) is 4.46. The first-order valence-corrected chi connectivity index (χ1v) is 9.60. The van der Waals surface area contributed by atoms with Crippen LogP contribution < -0.4 is 10.6 Å². The molecule has 0 radical (unpaired) electrons. The molecule has 1 aromatic rings. The summed E-state index contributed by atoms with van der Waals surface area (Å²) in [6.45, 7) is 6.83. The van der Waals surface area contributed by atoms with Crippen LogP contribution in [0.3, 0.4) is 0 Å². The Morgan fingerprint density at radius 3 is 2.56 bits per heavy atom. The Hall–Kier alpha value is -1.35. The van der Waals surface area contributed by atoms with Crippen LogP contribution in [-0.2, 0) is 22.6 Å². The minimum Gasteiger partial charge on any atom is -0.382 e. The van der Waals surface area contributed by atoms with Crippen molar-refractivity contribution in [2.75, 3.05) is 33.4 Å². The van der Waals surface area contributed by atoms with Gasteiger partial charge >= 0.3 is 0 Å². The summed E-state index contributed by atoms with van der Waals surface area (Å²) in [4.78, 5) is 17.9. The van der Waals surface area contributed by atoms with Crippen LogP contribution in [0.15, 0.2) is 29.3 Å². The molecule has 1 aromatic carbocycles. The quantitative estimate of drug-likeness (QED) is 0.230. The van der Waals surface area contributed by atoms with Crippen LogP contribution in [0.25, 0.3) is 0 Å². The molecule has 1 aliphatic rings. The van der Waals surface area contributed by atoms with Crippen LogP contribution in [0.4, 0.5) is 0 Å². The first-order valence-electron chi connectivity index (χ1n) is 9.60. The van der Waals surface area contributed by atoms with Gasteiger partial charge in [0, 0.05) is 52.9 Å². The van der Waals surface area contributed by atoms with E-state index in [0.717, 1.165) is 64.6 Å². The van der Waals surface area contributed by atoms with Crippen molar-refractivity contribution < 1.29 is 9.53 Å².